The first kappa shape index (κ1) is 25.2. The van der Waals surface area contributed by atoms with Crippen LogP contribution in [0.5, 0.6) is 5.75 Å². The van der Waals surface area contributed by atoms with Crippen molar-refractivity contribution in [1.82, 2.24) is 10.3 Å². The van der Waals surface area contributed by atoms with Crippen LogP contribution >= 0.6 is 0 Å². The Balaban J connectivity index is 1.38. The van der Waals surface area contributed by atoms with Gasteiger partial charge in [0.05, 0.1) is 5.56 Å². The second kappa shape index (κ2) is 8.98. The normalized spacial score (nSPS) is 22.7. The van der Waals surface area contributed by atoms with Crippen molar-refractivity contribution in [3.63, 3.8) is 0 Å². The highest BCUT2D eigenvalue weighted by Gasteiger charge is 2.43. The van der Waals surface area contributed by atoms with Crippen molar-refractivity contribution < 1.29 is 31.1 Å². The van der Waals surface area contributed by atoms with Crippen LogP contribution in [0.3, 0.4) is 0 Å². The van der Waals surface area contributed by atoms with Crippen LogP contribution in [0.1, 0.15) is 45.1 Å². The molecule has 3 heterocycles. The summed E-state index contributed by atoms with van der Waals surface area (Å²) in [5.41, 5.74) is -2.08. The molecule has 2 saturated heterocycles. The number of alkyl halides is 3. The van der Waals surface area contributed by atoms with E-state index in [1.807, 2.05) is 0 Å². The molecule has 35 heavy (non-hydrogen) atoms. The number of benzene rings is 1. The summed E-state index contributed by atoms with van der Waals surface area (Å²) in [5, 5.41) is 8.18. The third-order valence-corrected chi connectivity index (χ3v) is 7.38. The van der Waals surface area contributed by atoms with E-state index in [2.05, 4.69) is 15.2 Å². The third kappa shape index (κ3) is 5.53. The van der Waals surface area contributed by atoms with E-state index < -0.39 is 27.4 Å². The van der Waals surface area contributed by atoms with Crippen molar-refractivity contribution in [2.75, 3.05) is 4.90 Å². The molecule has 2 aliphatic heterocycles. The predicted octanol–water partition coefficient (Wildman–Crippen LogP) is 3.22. The van der Waals surface area contributed by atoms with Gasteiger partial charge in [0.2, 0.25) is 10.0 Å². The highest BCUT2D eigenvalue weighted by Crippen LogP contribution is 2.39. The number of amides is 1. The van der Waals surface area contributed by atoms with Gasteiger partial charge in [-0.15, -0.1) is 0 Å². The highest BCUT2D eigenvalue weighted by molar-refractivity contribution is 7.89. The van der Waals surface area contributed by atoms with Crippen LogP contribution in [0, 0.1) is 0 Å². The van der Waals surface area contributed by atoms with Gasteiger partial charge in [-0.05, 0) is 75.9 Å². The van der Waals surface area contributed by atoms with Crippen LogP contribution < -0.4 is 20.1 Å². The molecule has 4 rings (SSSR count). The molecule has 3 atom stereocenters. The number of hydrogen-bond acceptors (Lipinski definition) is 6. The van der Waals surface area contributed by atoms with Crippen LogP contribution in [-0.4, -0.2) is 43.0 Å². The van der Waals surface area contributed by atoms with Gasteiger partial charge in [0.1, 0.15) is 16.5 Å². The van der Waals surface area contributed by atoms with Crippen molar-refractivity contribution in [2.24, 2.45) is 5.14 Å². The molecule has 1 amide bonds. The summed E-state index contributed by atoms with van der Waals surface area (Å²) in [5.74, 6) is 0.480. The van der Waals surface area contributed by atoms with Crippen LogP contribution in [0.15, 0.2) is 47.5 Å². The standard InChI is InChI=1S/C23H27F3N4O4S/c1-22(2,34-18-7-3-14(4-8-18)23(24,25)26)21(31)29-15-11-16-5-6-17(12-15)30(16)20-10-9-19(13-28-20)35(27,32)33/h3-4,7-10,13,15-17H,5-6,11-12H2,1-2H3,(H,29,31)(H2,27,32,33)/t15-,16+,17-. The van der Waals surface area contributed by atoms with Gasteiger partial charge in [0, 0.05) is 24.3 Å². The number of pyridine rings is 1. The third-order valence-electron chi connectivity index (χ3n) is 6.48. The molecule has 0 saturated carbocycles. The number of ether oxygens (including phenoxy) is 1. The molecule has 0 aliphatic carbocycles. The SMILES string of the molecule is CC(C)(Oc1ccc(C(F)(F)F)cc1)C(=O)N[C@H]1C[C@H]2CC[C@@H](C1)N2c1ccc(S(N)(=O)=O)cn1. The lowest BCUT2D eigenvalue weighted by molar-refractivity contribution is -0.138. The first-order valence-corrected chi connectivity index (χ1v) is 12.7. The zero-order valence-corrected chi connectivity index (χ0v) is 20.1. The quantitative estimate of drug-likeness (QED) is 0.614. The number of carbonyl (C=O) groups excluding carboxylic acids is 1. The minimum Gasteiger partial charge on any atom is -0.478 e. The van der Waals surface area contributed by atoms with E-state index in [-0.39, 0.29) is 34.7 Å². The zero-order valence-electron chi connectivity index (χ0n) is 19.2. The molecule has 0 spiro atoms. The van der Waals surface area contributed by atoms with Gasteiger partial charge in [-0.2, -0.15) is 13.2 Å². The summed E-state index contributed by atoms with van der Waals surface area (Å²) in [6, 6.07) is 7.47. The molecule has 2 aliphatic rings. The van der Waals surface area contributed by atoms with Gasteiger partial charge < -0.3 is 15.0 Å². The van der Waals surface area contributed by atoms with Crippen LogP contribution in [0.4, 0.5) is 19.0 Å². The molecule has 1 aromatic heterocycles. The molecule has 12 heteroatoms. The first-order valence-electron chi connectivity index (χ1n) is 11.2. The fourth-order valence-electron chi connectivity index (χ4n) is 4.77. The summed E-state index contributed by atoms with van der Waals surface area (Å²) in [6.07, 6.45) is -0.00492. The van der Waals surface area contributed by atoms with E-state index in [4.69, 9.17) is 9.88 Å². The number of nitrogens with two attached hydrogens (primary N) is 1. The molecular weight excluding hydrogens is 485 g/mol. The number of fused-ring (bicyclic) bond motifs is 2. The van der Waals surface area contributed by atoms with Crippen molar-refractivity contribution in [1.29, 1.82) is 0 Å². The lowest BCUT2D eigenvalue weighted by atomic mass is 9.96. The van der Waals surface area contributed by atoms with E-state index in [9.17, 15) is 26.4 Å². The topological polar surface area (TPSA) is 115 Å². The molecule has 0 unspecified atom stereocenters. The van der Waals surface area contributed by atoms with E-state index in [0.29, 0.717) is 18.7 Å². The summed E-state index contributed by atoms with van der Waals surface area (Å²) < 4.78 is 67.0. The molecule has 8 nitrogen and oxygen atoms in total. The number of nitrogens with zero attached hydrogens (tertiary/aromatic N) is 2. The monoisotopic (exact) mass is 512 g/mol. The highest BCUT2D eigenvalue weighted by atomic mass is 32.2. The lowest BCUT2D eigenvalue weighted by Gasteiger charge is -2.40. The smallest absolute Gasteiger partial charge is 0.416 e. The van der Waals surface area contributed by atoms with Crippen molar-refractivity contribution in [3.8, 4) is 5.75 Å². The number of sulfonamides is 1. The average molecular weight is 513 g/mol. The number of anilines is 1. The minimum atomic E-state index is -4.45. The summed E-state index contributed by atoms with van der Waals surface area (Å²) >= 11 is 0. The van der Waals surface area contributed by atoms with Gasteiger partial charge in [0.15, 0.2) is 5.60 Å². The van der Waals surface area contributed by atoms with Crippen LogP contribution in [0.25, 0.3) is 0 Å². The molecule has 3 N–H and O–H groups in total. The first-order chi connectivity index (χ1) is 16.2. The van der Waals surface area contributed by atoms with Gasteiger partial charge in [-0.1, -0.05) is 0 Å². The Kier molecular flexibility index (Phi) is 6.47. The Morgan fingerprint density at radius 3 is 2.17 bits per heavy atom. The Labute approximate surface area is 201 Å². The van der Waals surface area contributed by atoms with Gasteiger partial charge in [0.25, 0.3) is 5.91 Å². The number of halogens is 3. The summed E-state index contributed by atoms with van der Waals surface area (Å²) in [4.78, 5) is 19.4. The molecule has 1 aromatic carbocycles. The Hall–Kier alpha value is -2.86. The zero-order chi connectivity index (χ0) is 25.6. The van der Waals surface area contributed by atoms with Crippen LogP contribution in [0.2, 0.25) is 0 Å². The summed E-state index contributed by atoms with van der Waals surface area (Å²) in [7, 11) is -3.82. The van der Waals surface area contributed by atoms with Crippen LogP contribution in [-0.2, 0) is 21.0 Å². The Morgan fingerprint density at radius 1 is 1.09 bits per heavy atom. The Bertz CT molecular complexity index is 1170. The number of carbonyl (C=O) groups is 1. The number of hydrogen-bond donors (Lipinski definition) is 2. The minimum absolute atomic E-state index is 0.0500. The van der Waals surface area contributed by atoms with Gasteiger partial charge in [-0.25, -0.2) is 18.5 Å². The van der Waals surface area contributed by atoms with Crippen molar-refractivity contribution >= 4 is 21.7 Å². The molecule has 2 aromatic rings. The van der Waals surface area contributed by atoms with Crippen molar-refractivity contribution in [2.45, 2.75) is 74.3 Å². The molecule has 2 fully saturated rings. The second-order valence-corrected chi connectivity index (χ2v) is 11.0. The fourth-order valence-corrected chi connectivity index (χ4v) is 5.23. The number of primary sulfonamides is 1. The molecular formula is C23H27F3N4O4S. The van der Waals surface area contributed by atoms with Gasteiger partial charge in [-0.3, -0.25) is 4.79 Å². The van der Waals surface area contributed by atoms with E-state index in [1.165, 1.54) is 24.4 Å². The maximum atomic E-state index is 13.0. The van der Waals surface area contributed by atoms with E-state index in [0.717, 1.165) is 25.0 Å². The Morgan fingerprint density at radius 2 is 1.69 bits per heavy atom. The van der Waals surface area contributed by atoms with E-state index >= 15 is 0 Å². The second-order valence-electron chi connectivity index (χ2n) is 9.47. The molecule has 0 radical (unpaired) electrons. The number of aromatic nitrogens is 1. The summed E-state index contributed by atoms with van der Waals surface area (Å²) in [6.45, 7) is 3.14. The largest absolute Gasteiger partial charge is 0.478 e. The average Bonchev–Trinajstić information content (AvgIpc) is 3.03. The van der Waals surface area contributed by atoms with Gasteiger partial charge >= 0.3 is 6.18 Å². The molecule has 2 bridgehead atoms. The molecule has 190 valence electrons. The maximum Gasteiger partial charge on any atom is 0.416 e. The number of nitrogens with one attached hydrogen (secondary N) is 1. The lowest BCUT2D eigenvalue weighted by Crippen LogP contribution is -2.55. The van der Waals surface area contributed by atoms with Crippen molar-refractivity contribution in [3.05, 3.63) is 48.2 Å². The fraction of sp³-hybridized carbons (Fsp3) is 0.478. The maximum absolute atomic E-state index is 13.0. The predicted molar refractivity (Wildman–Crippen MR) is 122 cm³/mol. The number of rotatable bonds is 6. The van der Waals surface area contributed by atoms with E-state index in [1.54, 1.807) is 19.9 Å². The number of piperidine rings is 1.